The van der Waals surface area contributed by atoms with Crippen LogP contribution in [0.3, 0.4) is 0 Å². The van der Waals surface area contributed by atoms with Crippen molar-refractivity contribution in [3.05, 3.63) is 0 Å². The summed E-state index contributed by atoms with van der Waals surface area (Å²) in [7, 11) is -5.67. The summed E-state index contributed by atoms with van der Waals surface area (Å²) in [5.41, 5.74) is 4.20. The average Bonchev–Trinajstić information content (AvgIpc) is 1.59. The Morgan fingerprint density at radius 3 is 1.36 bits per heavy atom. The molecule has 6 nitrogen and oxygen atoms in total. The van der Waals surface area contributed by atoms with Crippen molar-refractivity contribution in [1.29, 1.82) is 0 Å². The van der Waals surface area contributed by atoms with Crippen LogP contribution < -0.4 is 5.73 Å². The zero-order valence-electron chi connectivity index (χ0n) is 4.82. The summed E-state index contributed by atoms with van der Waals surface area (Å²) in [6, 6.07) is 0. The Hall–Kier alpha value is -1.25. The summed E-state index contributed by atoms with van der Waals surface area (Å²) >= 11 is 0. The van der Waals surface area contributed by atoms with Crippen molar-refractivity contribution < 1.29 is 30.9 Å². The molecule has 1 amide bonds. The van der Waals surface area contributed by atoms with Gasteiger partial charge in [-0.15, -0.1) is 0 Å². The number of carboxylic acid groups (broad SMARTS) is 1. The Balaban J connectivity index is 0. The molecule has 0 radical (unpaired) electrons. The van der Waals surface area contributed by atoms with Crippen molar-refractivity contribution in [2.45, 2.75) is 0 Å². The third kappa shape index (κ3) is 52.7. The molecule has 0 spiro atoms. The molecule has 0 unspecified atom stereocenters. The van der Waals surface area contributed by atoms with Crippen LogP contribution in [0.5, 0.6) is 0 Å². The Labute approximate surface area is 60.1 Å². The fourth-order valence-electron chi connectivity index (χ4n) is 0. The molecule has 0 aromatic rings. The molecule has 0 saturated heterocycles. The SMILES string of the molecule is NC(=O)C(=O)O.O=S(=O)(F)F. The molecule has 0 aromatic heterocycles. The molecule has 0 fully saturated rings. The molecule has 9 heteroatoms. The quantitative estimate of drug-likeness (QED) is 0.365. The number of primary amides is 1. The van der Waals surface area contributed by atoms with E-state index in [1.165, 1.54) is 0 Å². The van der Waals surface area contributed by atoms with Crippen LogP contribution in [0.25, 0.3) is 0 Å². The van der Waals surface area contributed by atoms with Crippen LogP contribution in [0.15, 0.2) is 0 Å². The summed E-state index contributed by atoms with van der Waals surface area (Å²) in [6.07, 6.45) is 0. The highest BCUT2D eigenvalue weighted by Gasteiger charge is 2.00. The minimum absolute atomic E-state index is 1.32. The monoisotopic (exact) mass is 191 g/mol. The third-order valence-electron chi connectivity index (χ3n) is 0.211. The number of nitrogens with two attached hydrogens (primary N) is 1. The highest BCUT2D eigenvalue weighted by molar-refractivity contribution is 7.81. The van der Waals surface area contributed by atoms with Crippen molar-refractivity contribution in [3.8, 4) is 0 Å². The van der Waals surface area contributed by atoms with Crippen LogP contribution in [0, 0.1) is 0 Å². The summed E-state index contributed by atoms with van der Waals surface area (Å²) in [5.74, 6) is -2.93. The molecular weight excluding hydrogens is 188 g/mol. The largest absolute Gasteiger partial charge is 0.476 e. The molecule has 0 aliphatic carbocycles. The van der Waals surface area contributed by atoms with E-state index in [0.29, 0.717) is 0 Å². The van der Waals surface area contributed by atoms with Gasteiger partial charge < -0.3 is 10.8 Å². The number of hydrogen-bond donors (Lipinski definition) is 2. The van der Waals surface area contributed by atoms with Gasteiger partial charge in [-0.2, -0.15) is 8.42 Å². The van der Waals surface area contributed by atoms with Crippen LogP contribution in [-0.2, 0) is 20.2 Å². The zero-order chi connectivity index (χ0) is 9.65. The maximum absolute atomic E-state index is 9.99. The summed E-state index contributed by atoms with van der Waals surface area (Å²) in [5, 5.41) is 7.52. The van der Waals surface area contributed by atoms with Crippen LogP contribution >= 0.6 is 0 Å². The van der Waals surface area contributed by atoms with Crippen molar-refractivity contribution in [2.24, 2.45) is 5.73 Å². The lowest BCUT2D eigenvalue weighted by atomic mass is 10.7. The van der Waals surface area contributed by atoms with Gasteiger partial charge >= 0.3 is 22.5 Å². The molecule has 0 saturated carbocycles. The van der Waals surface area contributed by atoms with Gasteiger partial charge in [-0.3, -0.25) is 4.79 Å². The Morgan fingerprint density at radius 1 is 1.27 bits per heavy atom. The van der Waals surface area contributed by atoms with Gasteiger partial charge in [-0.25, -0.2) is 4.79 Å². The van der Waals surface area contributed by atoms with E-state index in [1.807, 2.05) is 0 Å². The van der Waals surface area contributed by atoms with Crippen LogP contribution in [0.1, 0.15) is 0 Å². The lowest BCUT2D eigenvalue weighted by Crippen LogP contribution is -2.21. The standard InChI is InChI=1S/C2H3NO3.F2O2S/c3-1(4)2(5)6;1-5(2,3)4/h(H2,3,4)(H,5,6);. The smallest absolute Gasteiger partial charge is 0.474 e. The number of carbonyl (C=O) groups is 2. The highest BCUT2D eigenvalue weighted by Crippen LogP contribution is 1.85. The van der Waals surface area contributed by atoms with Gasteiger partial charge in [0, 0.05) is 0 Å². The molecule has 0 aliphatic heterocycles. The number of amides is 1. The first-order valence-corrected chi connectivity index (χ1v) is 3.10. The maximum Gasteiger partial charge on any atom is 0.476 e. The number of carbonyl (C=O) groups excluding carboxylic acids is 1. The van der Waals surface area contributed by atoms with Gasteiger partial charge in [0.25, 0.3) is 0 Å². The molecule has 0 aliphatic rings. The van der Waals surface area contributed by atoms with Gasteiger partial charge in [-0.1, -0.05) is 7.77 Å². The fourth-order valence-corrected chi connectivity index (χ4v) is 0. The summed E-state index contributed by atoms with van der Waals surface area (Å²) < 4.78 is 36.6. The lowest BCUT2D eigenvalue weighted by Gasteiger charge is -1.74. The van der Waals surface area contributed by atoms with E-state index in [0.717, 1.165) is 0 Å². The second-order valence-electron chi connectivity index (χ2n) is 1.05. The fraction of sp³-hybridized carbons (Fsp3) is 0. The summed E-state index contributed by atoms with van der Waals surface area (Å²) in [6.45, 7) is 0. The second kappa shape index (κ2) is 4.55. The second-order valence-corrected chi connectivity index (χ2v) is 1.80. The van der Waals surface area contributed by atoms with Gasteiger partial charge in [0.1, 0.15) is 0 Å². The predicted molar refractivity (Wildman–Crippen MR) is 28.0 cm³/mol. The molecule has 11 heavy (non-hydrogen) atoms. The molecule has 0 heterocycles. The number of carboxylic acids is 1. The Bertz CT molecular complexity index is 225. The highest BCUT2D eigenvalue weighted by atomic mass is 32.3. The average molecular weight is 191 g/mol. The van der Waals surface area contributed by atoms with Gasteiger partial charge in [0.15, 0.2) is 0 Å². The first kappa shape index (κ1) is 12.4. The minimum atomic E-state index is -5.67. The molecule has 0 bridgehead atoms. The van der Waals surface area contributed by atoms with E-state index in [-0.39, 0.29) is 0 Å². The normalized spacial score (nSPS) is 9.27. The number of hydrogen-bond acceptors (Lipinski definition) is 4. The Morgan fingerprint density at radius 2 is 1.36 bits per heavy atom. The van der Waals surface area contributed by atoms with Gasteiger partial charge in [-0.05, 0) is 0 Å². The van der Waals surface area contributed by atoms with Crippen LogP contribution in [0.2, 0.25) is 0 Å². The third-order valence-corrected chi connectivity index (χ3v) is 0.211. The van der Waals surface area contributed by atoms with E-state index < -0.39 is 22.5 Å². The van der Waals surface area contributed by atoms with E-state index >= 15 is 0 Å². The van der Waals surface area contributed by atoms with Crippen molar-refractivity contribution >= 4 is 22.5 Å². The first-order valence-electron chi connectivity index (χ1n) is 1.81. The molecule has 0 rings (SSSR count). The van der Waals surface area contributed by atoms with Gasteiger partial charge in [0.05, 0.1) is 0 Å². The number of aliphatic carboxylic acids is 1. The van der Waals surface area contributed by atoms with E-state index in [4.69, 9.17) is 13.5 Å². The van der Waals surface area contributed by atoms with Gasteiger partial charge in [0.2, 0.25) is 0 Å². The van der Waals surface area contributed by atoms with E-state index in [1.54, 1.807) is 0 Å². The molecular formula is C2H3F2NO5S. The van der Waals surface area contributed by atoms with Crippen molar-refractivity contribution in [3.63, 3.8) is 0 Å². The Kier molecular flexibility index (Phi) is 5.14. The molecule has 0 aromatic carbocycles. The van der Waals surface area contributed by atoms with E-state index in [9.17, 15) is 17.4 Å². The van der Waals surface area contributed by atoms with Crippen molar-refractivity contribution in [1.82, 2.24) is 0 Å². The van der Waals surface area contributed by atoms with Crippen LogP contribution in [0.4, 0.5) is 7.77 Å². The molecule has 66 valence electrons. The molecule has 0 atom stereocenters. The predicted octanol–water partition coefficient (Wildman–Crippen LogP) is -1.27. The topological polar surface area (TPSA) is 115 Å². The molecule has 3 N–H and O–H groups in total. The zero-order valence-corrected chi connectivity index (χ0v) is 5.64. The first-order chi connectivity index (χ1) is 4.64. The van der Waals surface area contributed by atoms with E-state index in [2.05, 4.69) is 5.73 Å². The number of rotatable bonds is 0. The minimum Gasteiger partial charge on any atom is -0.474 e. The summed E-state index contributed by atoms with van der Waals surface area (Å²) in [4.78, 5) is 18.5. The van der Waals surface area contributed by atoms with Crippen molar-refractivity contribution in [2.75, 3.05) is 0 Å². The lowest BCUT2D eigenvalue weighted by molar-refractivity contribution is -0.148. The van der Waals surface area contributed by atoms with Crippen LogP contribution in [-0.4, -0.2) is 25.4 Å². The number of halogens is 2. The maximum atomic E-state index is 9.99.